The lowest BCUT2D eigenvalue weighted by atomic mass is 10.2. The number of rotatable bonds is 7. The van der Waals surface area contributed by atoms with Gasteiger partial charge in [-0.2, -0.15) is 0 Å². The maximum absolute atomic E-state index is 13.2. The summed E-state index contributed by atoms with van der Waals surface area (Å²) in [7, 11) is 0. The van der Waals surface area contributed by atoms with Gasteiger partial charge in [-0.3, -0.25) is 9.59 Å². The van der Waals surface area contributed by atoms with E-state index in [1.807, 2.05) is 72.1 Å². The van der Waals surface area contributed by atoms with Crippen LogP contribution in [-0.4, -0.2) is 20.8 Å². The Morgan fingerprint density at radius 3 is 2.50 bits per heavy atom. The number of aromatic nitrogens is 2. The molecule has 5 aromatic rings. The van der Waals surface area contributed by atoms with Gasteiger partial charge >= 0.3 is 0 Å². The molecular formula is C27H21N3O2S2. The lowest BCUT2D eigenvalue weighted by Crippen LogP contribution is -2.30. The van der Waals surface area contributed by atoms with E-state index in [1.54, 1.807) is 22.3 Å². The first-order valence-corrected chi connectivity index (χ1v) is 12.5. The number of carbonyl (C=O) groups excluding carboxylic acids is 1. The van der Waals surface area contributed by atoms with Gasteiger partial charge in [0.05, 0.1) is 12.1 Å². The molecular weight excluding hydrogens is 462 g/mol. The van der Waals surface area contributed by atoms with Gasteiger partial charge in [0, 0.05) is 22.4 Å². The molecule has 168 valence electrons. The van der Waals surface area contributed by atoms with E-state index in [4.69, 9.17) is 0 Å². The molecule has 3 heterocycles. The maximum atomic E-state index is 13.2. The molecule has 0 atom stereocenters. The van der Waals surface area contributed by atoms with Gasteiger partial charge in [0.2, 0.25) is 5.91 Å². The second-order valence-electron chi connectivity index (χ2n) is 7.73. The lowest BCUT2D eigenvalue weighted by Gasteiger charge is -2.21. The van der Waals surface area contributed by atoms with Crippen LogP contribution in [0.5, 0.6) is 0 Å². The number of benzene rings is 2. The van der Waals surface area contributed by atoms with Crippen molar-refractivity contribution in [2.75, 3.05) is 0 Å². The van der Waals surface area contributed by atoms with Crippen LogP contribution in [0, 0.1) is 0 Å². The molecule has 0 saturated carbocycles. The molecule has 34 heavy (non-hydrogen) atoms. The zero-order valence-corrected chi connectivity index (χ0v) is 19.8. The van der Waals surface area contributed by atoms with E-state index in [1.165, 1.54) is 11.3 Å². The third-order valence-electron chi connectivity index (χ3n) is 5.31. The molecule has 0 aliphatic heterocycles. The first-order valence-electron chi connectivity index (χ1n) is 10.8. The van der Waals surface area contributed by atoms with Crippen molar-refractivity contribution in [2.24, 2.45) is 0 Å². The summed E-state index contributed by atoms with van der Waals surface area (Å²) in [4.78, 5) is 36.8. The minimum Gasteiger partial charge on any atom is -0.327 e. The summed E-state index contributed by atoms with van der Waals surface area (Å²) in [6, 6.07) is 25.9. The highest BCUT2D eigenvalue weighted by Gasteiger charge is 2.15. The van der Waals surface area contributed by atoms with Gasteiger partial charge in [-0.1, -0.05) is 60.7 Å². The Hall–Kier alpha value is -3.81. The van der Waals surface area contributed by atoms with E-state index >= 15 is 0 Å². The van der Waals surface area contributed by atoms with E-state index in [0.29, 0.717) is 22.6 Å². The van der Waals surface area contributed by atoms with Crippen molar-refractivity contribution >= 4 is 44.9 Å². The summed E-state index contributed by atoms with van der Waals surface area (Å²) in [5.74, 6) is 0.322. The highest BCUT2D eigenvalue weighted by atomic mass is 32.1. The van der Waals surface area contributed by atoms with Crippen molar-refractivity contribution < 1.29 is 4.79 Å². The van der Waals surface area contributed by atoms with Crippen LogP contribution in [0.15, 0.2) is 95.1 Å². The van der Waals surface area contributed by atoms with Crippen molar-refractivity contribution in [3.63, 3.8) is 0 Å². The number of amides is 1. The molecule has 1 amide bonds. The second-order valence-corrected chi connectivity index (χ2v) is 9.76. The Morgan fingerprint density at radius 1 is 0.941 bits per heavy atom. The van der Waals surface area contributed by atoms with Gasteiger partial charge in [-0.25, -0.2) is 4.98 Å². The van der Waals surface area contributed by atoms with Gasteiger partial charge in [-0.05, 0) is 40.8 Å². The molecule has 0 bridgehead atoms. The molecule has 0 radical (unpaired) electrons. The number of thiophene rings is 2. The Labute approximate surface area is 204 Å². The smallest absolute Gasteiger partial charge is 0.268 e. The van der Waals surface area contributed by atoms with Gasteiger partial charge < -0.3 is 9.88 Å². The first kappa shape index (κ1) is 22.0. The minimum atomic E-state index is -0.176. The fourth-order valence-corrected chi connectivity index (χ4v) is 5.29. The average molecular weight is 484 g/mol. The molecule has 0 fully saturated rings. The highest BCUT2D eigenvalue weighted by Crippen LogP contribution is 2.28. The van der Waals surface area contributed by atoms with Gasteiger partial charge in [0.1, 0.15) is 10.5 Å². The van der Waals surface area contributed by atoms with E-state index in [-0.39, 0.29) is 18.0 Å². The fourth-order valence-electron chi connectivity index (χ4n) is 3.65. The third-order valence-corrected chi connectivity index (χ3v) is 7.31. The normalized spacial score (nSPS) is 11.3. The number of nitrogens with one attached hydrogen (secondary N) is 1. The van der Waals surface area contributed by atoms with Crippen molar-refractivity contribution in [1.82, 2.24) is 14.9 Å². The van der Waals surface area contributed by atoms with Crippen LogP contribution in [0.2, 0.25) is 0 Å². The molecule has 1 N–H and O–H groups in total. The second kappa shape index (κ2) is 9.99. The topological polar surface area (TPSA) is 66.1 Å². The van der Waals surface area contributed by atoms with E-state index < -0.39 is 0 Å². The van der Waals surface area contributed by atoms with Gasteiger partial charge in [0.15, 0.2) is 0 Å². The predicted molar refractivity (Wildman–Crippen MR) is 140 cm³/mol. The van der Waals surface area contributed by atoms with Crippen LogP contribution in [-0.2, 0) is 17.9 Å². The number of aromatic amines is 1. The van der Waals surface area contributed by atoms with Crippen molar-refractivity contribution in [2.45, 2.75) is 13.1 Å². The van der Waals surface area contributed by atoms with Crippen LogP contribution in [0.3, 0.4) is 0 Å². The standard InChI is InChI=1S/C27H21N3O2S2/c31-25(14-12-21-11-13-23(34-21)20-9-5-2-6-10-20)30(17-19-7-3-1-4-8-19)18-24-28-22-15-16-33-26(22)27(32)29-24/h1-16H,17-18H2,(H,28,29,32)/b14-12+. The quantitative estimate of drug-likeness (QED) is 0.291. The Kier molecular flexibility index (Phi) is 6.46. The van der Waals surface area contributed by atoms with E-state index in [2.05, 4.69) is 28.2 Å². The summed E-state index contributed by atoms with van der Waals surface area (Å²) in [6.07, 6.45) is 3.43. The van der Waals surface area contributed by atoms with Crippen LogP contribution in [0.25, 0.3) is 26.7 Å². The monoisotopic (exact) mass is 483 g/mol. The third kappa shape index (κ3) is 5.06. The van der Waals surface area contributed by atoms with E-state index in [9.17, 15) is 9.59 Å². The average Bonchev–Trinajstić information content (AvgIpc) is 3.53. The maximum Gasteiger partial charge on any atom is 0.268 e. The molecule has 5 nitrogen and oxygen atoms in total. The Morgan fingerprint density at radius 2 is 1.71 bits per heavy atom. The van der Waals surface area contributed by atoms with Crippen LogP contribution >= 0.6 is 22.7 Å². The van der Waals surface area contributed by atoms with Gasteiger partial charge in [0.25, 0.3) is 5.56 Å². The molecule has 0 unspecified atom stereocenters. The summed E-state index contributed by atoms with van der Waals surface area (Å²) >= 11 is 3.00. The minimum absolute atomic E-state index is 0.147. The molecule has 0 aliphatic carbocycles. The fraction of sp³-hybridized carbons (Fsp3) is 0.0741. The summed E-state index contributed by atoms with van der Waals surface area (Å²) in [5, 5.41) is 1.84. The SMILES string of the molecule is O=C(/C=C/c1ccc(-c2ccccc2)s1)N(Cc1ccccc1)Cc1nc2ccsc2c(=O)[nH]1. The number of H-pyrrole nitrogens is 1. The van der Waals surface area contributed by atoms with E-state index in [0.717, 1.165) is 20.9 Å². The molecule has 0 spiro atoms. The first-order chi connectivity index (χ1) is 16.7. The molecule has 5 rings (SSSR count). The summed E-state index contributed by atoms with van der Waals surface area (Å²) < 4.78 is 0.594. The van der Waals surface area contributed by atoms with Crippen LogP contribution < -0.4 is 5.56 Å². The molecule has 0 aliphatic rings. The molecule has 2 aromatic carbocycles. The number of hydrogen-bond donors (Lipinski definition) is 1. The number of carbonyl (C=O) groups is 1. The van der Waals surface area contributed by atoms with Crippen molar-refractivity contribution in [1.29, 1.82) is 0 Å². The van der Waals surface area contributed by atoms with Crippen LogP contribution in [0.1, 0.15) is 16.3 Å². The van der Waals surface area contributed by atoms with Crippen molar-refractivity contribution in [3.8, 4) is 10.4 Å². The Bertz CT molecular complexity index is 1500. The molecule has 7 heteroatoms. The Balaban J connectivity index is 1.38. The lowest BCUT2D eigenvalue weighted by molar-refractivity contribution is -0.127. The number of hydrogen-bond acceptors (Lipinski definition) is 5. The number of nitrogens with zero attached hydrogens (tertiary/aromatic N) is 2. The van der Waals surface area contributed by atoms with Crippen LogP contribution in [0.4, 0.5) is 0 Å². The number of fused-ring (bicyclic) bond motifs is 1. The molecule has 3 aromatic heterocycles. The highest BCUT2D eigenvalue weighted by molar-refractivity contribution is 7.17. The van der Waals surface area contributed by atoms with Crippen molar-refractivity contribution in [3.05, 3.63) is 117 Å². The summed E-state index contributed by atoms with van der Waals surface area (Å²) in [5.41, 5.74) is 2.64. The predicted octanol–water partition coefficient (Wildman–Crippen LogP) is 5.96. The largest absolute Gasteiger partial charge is 0.327 e. The molecule has 0 saturated heterocycles. The zero-order chi connectivity index (χ0) is 23.3. The summed E-state index contributed by atoms with van der Waals surface area (Å²) in [6.45, 7) is 0.619. The zero-order valence-electron chi connectivity index (χ0n) is 18.2. The van der Waals surface area contributed by atoms with Gasteiger partial charge in [-0.15, -0.1) is 22.7 Å².